The lowest BCUT2D eigenvalue weighted by Gasteiger charge is -2.43. The number of nitrogens with one attached hydrogen (secondary N) is 1. The predicted molar refractivity (Wildman–Crippen MR) is 141 cm³/mol. The lowest BCUT2D eigenvalue weighted by atomic mass is 9.85. The average molecular weight is 505 g/mol. The molecule has 3 aliphatic heterocycles. The molecule has 2 aromatic carbocycles. The first-order chi connectivity index (χ1) is 18.0. The van der Waals surface area contributed by atoms with Crippen LogP contribution in [-0.2, 0) is 25.5 Å². The van der Waals surface area contributed by atoms with E-state index in [1.165, 1.54) is 0 Å². The van der Waals surface area contributed by atoms with Gasteiger partial charge in [0.25, 0.3) is 5.91 Å². The molecule has 0 aromatic heterocycles. The van der Waals surface area contributed by atoms with E-state index in [9.17, 15) is 14.4 Å². The van der Waals surface area contributed by atoms with E-state index in [1.807, 2.05) is 65.6 Å². The molecular weight excluding hydrogens is 468 g/mol. The van der Waals surface area contributed by atoms with Crippen LogP contribution in [0.3, 0.4) is 0 Å². The number of rotatable bonds is 8. The van der Waals surface area contributed by atoms with Crippen molar-refractivity contribution in [3.05, 3.63) is 66.2 Å². The van der Waals surface area contributed by atoms with Crippen molar-refractivity contribution in [1.82, 2.24) is 15.1 Å². The summed E-state index contributed by atoms with van der Waals surface area (Å²) in [5.41, 5.74) is 1.37. The van der Waals surface area contributed by atoms with Crippen LogP contribution in [0.15, 0.2) is 60.7 Å². The number of carbonyl (C=O) groups excluding carboxylic acids is 3. The monoisotopic (exact) mass is 504 g/mol. The minimum Gasteiger partial charge on any atom is -0.376 e. The fourth-order valence-corrected chi connectivity index (χ4v) is 5.76. The summed E-state index contributed by atoms with van der Waals surface area (Å²) >= 11 is 0. The standard InChI is InChI=1S/C29H36N4O4/c34-26(30-20-25-12-7-19-37-25)21-32-22-33(24-10-5-2-6-11-24)29(28(32)36)15-17-31(18-16-29)27(35)14-13-23-8-3-1-4-9-23/h1-6,8-11,25H,7,12-22H2,(H,30,34). The molecule has 3 fully saturated rings. The minimum absolute atomic E-state index is 0.0242. The Bertz CT molecular complexity index is 1080. The molecule has 1 unspecified atom stereocenters. The van der Waals surface area contributed by atoms with Gasteiger partial charge >= 0.3 is 0 Å². The highest BCUT2D eigenvalue weighted by Crippen LogP contribution is 2.39. The molecule has 3 heterocycles. The maximum absolute atomic E-state index is 13.8. The number of piperidine rings is 1. The van der Waals surface area contributed by atoms with Crippen molar-refractivity contribution < 1.29 is 19.1 Å². The van der Waals surface area contributed by atoms with E-state index >= 15 is 0 Å². The van der Waals surface area contributed by atoms with E-state index in [0.29, 0.717) is 52.0 Å². The molecule has 1 spiro atoms. The highest BCUT2D eigenvalue weighted by atomic mass is 16.5. The molecule has 5 rings (SSSR count). The summed E-state index contributed by atoms with van der Waals surface area (Å²) in [5, 5.41) is 2.94. The van der Waals surface area contributed by atoms with E-state index in [-0.39, 0.29) is 30.4 Å². The molecule has 2 aromatic rings. The number of amides is 3. The van der Waals surface area contributed by atoms with Gasteiger partial charge in [-0.1, -0.05) is 48.5 Å². The van der Waals surface area contributed by atoms with Crippen molar-refractivity contribution in [2.75, 3.05) is 44.4 Å². The molecule has 3 aliphatic rings. The Labute approximate surface area is 218 Å². The van der Waals surface area contributed by atoms with Gasteiger partial charge in [0.05, 0.1) is 12.8 Å². The number of anilines is 1. The molecule has 8 nitrogen and oxygen atoms in total. The van der Waals surface area contributed by atoms with Gasteiger partial charge in [-0.15, -0.1) is 0 Å². The topological polar surface area (TPSA) is 82.2 Å². The molecule has 0 radical (unpaired) electrons. The fraction of sp³-hybridized carbons (Fsp3) is 0.483. The van der Waals surface area contributed by atoms with Gasteiger partial charge in [0.15, 0.2) is 0 Å². The van der Waals surface area contributed by atoms with E-state index in [2.05, 4.69) is 10.2 Å². The third kappa shape index (κ3) is 5.64. The summed E-state index contributed by atoms with van der Waals surface area (Å²) < 4.78 is 5.60. The first kappa shape index (κ1) is 25.3. The third-order valence-corrected chi connectivity index (χ3v) is 7.88. The van der Waals surface area contributed by atoms with Crippen molar-refractivity contribution in [3.63, 3.8) is 0 Å². The van der Waals surface area contributed by atoms with Crippen LogP contribution in [0.2, 0.25) is 0 Å². The number of hydrogen-bond acceptors (Lipinski definition) is 5. The Hall–Kier alpha value is -3.39. The lowest BCUT2D eigenvalue weighted by molar-refractivity contribution is -0.140. The largest absolute Gasteiger partial charge is 0.376 e. The molecule has 3 saturated heterocycles. The summed E-state index contributed by atoms with van der Waals surface area (Å²) in [7, 11) is 0. The Kier molecular flexibility index (Phi) is 7.74. The number of hydrogen-bond donors (Lipinski definition) is 1. The van der Waals surface area contributed by atoms with Crippen LogP contribution in [-0.4, -0.2) is 78.6 Å². The summed E-state index contributed by atoms with van der Waals surface area (Å²) in [4.78, 5) is 45.2. The molecular formula is C29H36N4O4. The van der Waals surface area contributed by atoms with E-state index in [4.69, 9.17) is 4.74 Å². The fourth-order valence-electron chi connectivity index (χ4n) is 5.76. The molecule has 0 bridgehead atoms. The summed E-state index contributed by atoms with van der Waals surface area (Å²) in [6.07, 6.45) is 4.31. The number of para-hydroxylation sites is 1. The Morgan fingerprint density at radius 3 is 2.38 bits per heavy atom. The number of carbonyl (C=O) groups is 3. The minimum atomic E-state index is -0.744. The van der Waals surface area contributed by atoms with Crippen LogP contribution in [0.1, 0.15) is 37.7 Å². The van der Waals surface area contributed by atoms with Crippen molar-refractivity contribution in [3.8, 4) is 0 Å². The van der Waals surface area contributed by atoms with Crippen LogP contribution in [0.5, 0.6) is 0 Å². The van der Waals surface area contributed by atoms with E-state index in [1.54, 1.807) is 4.90 Å². The molecule has 1 N–H and O–H groups in total. The quantitative estimate of drug-likeness (QED) is 0.598. The molecule has 8 heteroatoms. The molecule has 37 heavy (non-hydrogen) atoms. The van der Waals surface area contributed by atoms with Crippen LogP contribution < -0.4 is 10.2 Å². The Morgan fingerprint density at radius 1 is 1.00 bits per heavy atom. The first-order valence-corrected chi connectivity index (χ1v) is 13.4. The van der Waals surface area contributed by atoms with Gasteiger partial charge in [-0.2, -0.15) is 0 Å². The average Bonchev–Trinajstić information content (AvgIpc) is 3.55. The lowest BCUT2D eigenvalue weighted by Crippen LogP contribution is -2.57. The van der Waals surface area contributed by atoms with Crippen molar-refractivity contribution >= 4 is 23.4 Å². The van der Waals surface area contributed by atoms with Crippen molar-refractivity contribution in [1.29, 1.82) is 0 Å². The van der Waals surface area contributed by atoms with Gasteiger partial charge in [0.1, 0.15) is 12.1 Å². The normalized spacial score (nSPS) is 21.0. The van der Waals surface area contributed by atoms with Crippen LogP contribution in [0, 0.1) is 0 Å². The number of likely N-dealkylation sites (tertiary alicyclic amines) is 1. The summed E-state index contributed by atoms with van der Waals surface area (Å²) in [6, 6.07) is 19.9. The Morgan fingerprint density at radius 2 is 1.70 bits per heavy atom. The maximum Gasteiger partial charge on any atom is 0.250 e. The zero-order valence-electron chi connectivity index (χ0n) is 21.3. The van der Waals surface area contributed by atoms with Crippen LogP contribution in [0.4, 0.5) is 5.69 Å². The zero-order chi connectivity index (χ0) is 25.7. The molecule has 0 saturated carbocycles. The second kappa shape index (κ2) is 11.3. The smallest absolute Gasteiger partial charge is 0.250 e. The van der Waals surface area contributed by atoms with Gasteiger partial charge in [-0.25, -0.2) is 0 Å². The Balaban J connectivity index is 1.23. The molecule has 3 amide bonds. The maximum atomic E-state index is 13.8. The number of benzene rings is 2. The second-order valence-corrected chi connectivity index (χ2v) is 10.2. The van der Waals surface area contributed by atoms with Gasteiger partial charge in [0.2, 0.25) is 11.8 Å². The van der Waals surface area contributed by atoms with Crippen molar-refractivity contribution in [2.24, 2.45) is 0 Å². The first-order valence-electron chi connectivity index (χ1n) is 13.4. The van der Waals surface area contributed by atoms with Crippen molar-refractivity contribution in [2.45, 2.75) is 50.2 Å². The highest BCUT2D eigenvalue weighted by Gasteiger charge is 2.54. The van der Waals surface area contributed by atoms with Crippen LogP contribution >= 0.6 is 0 Å². The zero-order valence-corrected chi connectivity index (χ0v) is 21.3. The number of aryl methyl sites for hydroxylation is 1. The van der Waals surface area contributed by atoms with E-state index in [0.717, 1.165) is 30.7 Å². The SMILES string of the molecule is O=C(CN1CN(c2ccccc2)C2(CCN(C(=O)CCc3ccccc3)CC2)C1=O)NCC1CCCO1. The van der Waals surface area contributed by atoms with Gasteiger partial charge in [-0.3, -0.25) is 14.4 Å². The van der Waals surface area contributed by atoms with Gasteiger partial charge in [0, 0.05) is 38.3 Å². The summed E-state index contributed by atoms with van der Waals surface area (Å²) in [5.74, 6) is -0.0665. The summed E-state index contributed by atoms with van der Waals surface area (Å²) in [6.45, 7) is 2.66. The highest BCUT2D eigenvalue weighted by molar-refractivity contribution is 5.96. The number of ether oxygens (including phenoxy) is 1. The molecule has 1 atom stereocenters. The van der Waals surface area contributed by atoms with Crippen LogP contribution in [0.25, 0.3) is 0 Å². The van der Waals surface area contributed by atoms with E-state index < -0.39 is 5.54 Å². The predicted octanol–water partition coefficient (Wildman–Crippen LogP) is 2.58. The molecule has 196 valence electrons. The molecule has 0 aliphatic carbocycles. The second-order valence-electron chi connectivity index (χ2n) is 10.2. The van der Waals surface area contributed by atoms with Gasteiger partial charge < -0.3 is 24.8 Å². The number of nitrogens with zero attached hydrogens (tertiary/aromatic N) is 3. The van der Waals surface area contributed by atoms with Gasteiger partial charge in [-0.05, 0) is 49.8 Å². The third-order valence-electron chi connectivity index (χ3n) is 7.88.